The number of rotatable bonds is 3. The first-order chi connectivity index (χ1) is 8.50. The Kier molecular flexibility index (Phi) is 5.35. The van der Waals surface area contributed by atoms with E-state index in [1.54, 1.807) is 0 Å². The number of amides is 1. The van der Waals surface area contributed by atoms with Crippen LogP contribution in [-0.2, 0) is 11.2 Å². The molecular weight excluding hydrogens is 264 g/mol. The highest BCUT2D eigenvalue weighted by molar-refractivity contribution is 5.85. The average Bonchev–Trinajstić information content (AvgIpc) is 2.65. The number of nitrogens with two attached hydrogens (primary N) is 1. The highest BCUT2D eigenvalue weighted by Gasteiger charge is 2.33. The lowest BCUT2D eigenvalue weighted by atomic mass is 10.0. The van der Waals surface area contributed by atoms with Crippen LogP contribution in [0.2, 0.25) is 0 Å². The fraction of sp³-hybridized carbons (Fsp3) is 0.500. The van der Waals surface area contributed by atoms with Gasteiger partial charge in [-0.25, -0.2) is 0 Å². The first-order valence-corrected chi connectivity index (χ1v) is 6.32. The second-order valence-corrected chi connectivity index (χ2v) is 5.23. The van der Waals surface area contributed by atoms with Gasteiger partial charge in [0.1, 0.15) is 0 Å². The SMILES string of the molecule is CC(C)[C@H](N)C(=O)N[C@@H]1c2ccccc2C[C@@H]1O.Cl. The molecular formula is C14H21ClN2O2. The number of carbonyl (C=O) groups excluding carboxylic acids is 1. The van der Waals surface area contributed by atoms with Gasteiger partial charge in [-0.1, -0.05) is 38.1 Å². The largest absolute Gasteiger partial charge is 0.390 e. The fourth-order valence-corrected chi connectivity index (χ4v) is 2.30. The Hall–Kier alpha value is -1.10. The summed E-state index contributed by atoms with van der Waals surface area (Å²) in [5.41, 5.74) is 7.90. The maximum Gasteiger partial charge on any atom is 0.237 e. The quantitative estimate of drug-likeness (QED) is 0.780. The van der Waals surface area contributed by atoms with Crippen molar-refractivity contribution >= 4 is 18.3 Å². The van der Waals surface area contributed by atoms with Crippen molar-refractivity contribution < 1.29 is 9.90 Å². The Bertz CT molecular complexity index is 451. The van der Waals surface area contributed by atoms with E-state index in [4.69, 9.17) is 5.73 Å². The zero-order valence-corrected chi connectivity index (χ0v) is 12.0. The normalized spacial score (nSPS) is 22.6. The average molecular weight is 285 g/mol. The zero-order chi connectivity index (χ0) is 13.3. The van der Waals surface area contributed by atoms with Gasteiger partial charge in [-0.15, -0.1) is 12.4 Å². The summed E-state index contributed by atoms with van der Waals surface area (Å²) in [4.78, 5) is 11.9. The van der Waals surface area contributed by atoms with Crippen molar-refractivity contribution in [3.63, 3.8) is 0 Å². The topological polar surface area (TPSA) is 75.4 Å². The molecule has 0 heterocycles. The first kappa shape index (κ1) is 16.0. The van der Waals surface area contributed by atoms with Crippen molar-refractivity contribution in [2.24, 2.45) is 11.7 Å². The summed E-state index contributed by atoms with van der Waals surface area (Å²) < 4.78 is 0. The number of aliphatic hydroxyl groups is 1. The Labute approximate surface area is 119 Å². The molecule has 0 spiro atoms. The molecule has 5 heteroatoms. The molecule has 2 rings (SSSR count). The number of hydrogen-bond acceptors (Lipinski definition) is 3. The summed E-state index contributed by atoms with van der Waals surface area (Å²) in [5, 5.41) is 12.9. The number of carbonyl (C=O) groups is 1. The number of aliphatic hydroxyl groups excluding tert-OH is 1. The van der Waals surface area contributed by atoms with E-state index in [0.717, 1.165) is 11.1 Å². The molecule has 106 valence electrons. The van der Waals surface area contributed by atoms with Crippen LogP contribution in [-0.4, -0.2) is 23.2 Å². The van der Waals surface area contributed by atoms with Crippen LogP contribution < -0.4 is 11.1 Å². The summed E-state index contributed by atoms with van der Waals surface area (Å²) in [6.45, 7) is 3.81. The Morgan fingerprint density at radius 1 is 1.42 bits per heavy atom. The fourth-order valence-electron chi connectivity index (χ4n) is 2.30. The summed E-state index contributed by atoms with van der Waals surface area (Å²) in [6, 6.07) is 6.90. The molecule has 1 aromatic rings. The van der Waals surface area contributed by atoms with E-state index in [1.165, 1.54) is 0 Å². The van der Waals surface area contributed by atoms with Crippen molar-refractivity contribution in [2.75, 3.05) is 0 Å². The minimum Gasteiger partial charge on any atom is -0.390 e. The molecule has 1 aliphatic carbocycles. The predicted octanol–water partition coefficient (Wildman–Crippen LogP) is 1.17. The molecule has 1 amide bonds. The van der Waals surface area contributed by atoms with Crippen LogP contribution in [0.25, 0.3) is 0 Å². The van der Waals surface area contributed by atoms with E-state index in [2.05, 4.69) is 5.32 Å². The van der Waals surface area contributed by atoms with E-state index >= 15 is 0 Å². The molecule has 4 N–H and O–H groups in total. The third-order valence-electron chi connectivity index (χ3n) is 3.52. The van der Waals surface area contributed by atoms with Crippen LogP contribution in [0.15, 0.2) is 24.3 Å². The maximum absolute atomic E-state index is 11.9. The molecule has 0 aromatic heterocycles. The first-order valence-electron chi connectivity index (χ1n) is 6.32. The van der Waals surface area contributed by atoms with Crippen LogP contribution >= 0.6 is 12.4 Å². The van der Waals surface area contributed by atoms with Gasteiger partial charge >= 0.3 is 0 Å². The molecule has 0 saturated carbocycles. The highest BCUT2D eigenvalue weighted by atomic mass is 35.5. The smallest absolute Gasteiger partial charge is 0.237 e. The summed E-state index contributed by atoms with van der Waals surface area (Å²) in [7, 11) is 0. The van der Waals surface area contributed by atoms with Gasteiger partial charge in [0.25, 0.3) is 0 Å². The molecule has 3 atom stereocenters. The number of nitrogens with one attached hydrogen (secondary N) is 1. The third-order valence-corrected chi connectivity index (χ3v) is 3.52. The third kappa shape index (κ3) is 3.26. The van der Waals surface area contributed by atoms with Crippen LogP contribution in [0.3, 0.4) is 0 Å². The van der Waals surface area contributed by atoms with E-state index in [0.29, 0.717) is 6.42 Å². The van der Waals surface area contributed by atoms with Crippen molar-refractivity contribution in [1.29, 1.82) is 0 Å². The van der Waals surface area contributed by atoms with Crippen LogP contribution in [0.1, 0.15) is 31.0 Å². The highest BCUT2D eigenvalue weighted by Crippen LogP contribution is 2.31. The van der Waals surface area contributed by atoms with Gasteiger partial charge < -0.3 is 16.2 Å². The van der Waals surface area contributed by atoms with Crippen molar-refractivity contribution in [1.82, 2.24) is 5.32 Å². The predicted molar refractivity (Wildman–Crippen MR) is 77.1 cm³/mol. The molecule has 0 unspecified atom stereocenters. The number of halogens is 1. The second kappa shape index (κ2) is 6.37. The van der Waals surface area contributed by atoms with Gasteiger partial charge in [-0.05, 0) is 17.0 Å². The molecule has 19 heavy (non-hydrogen) atoms. The van der Waals surface area contributed by atoms with Crippen LogP contribution in [0, 0.1) is 5.92 Å². The van der Waals surface area contributed by atoms with Crippen molar-refractivity contribution in [3.05, 3.63) is 35.4 Å². The lowest BCUT2D eigenvalue weighted by molar-refractivity contribution is -0.124. The molecule has 0 saturated heterocycles. The minimum absolute atomic E-state index is 0. The van der Waals surface area contributed by atoms with Gasteiger partial charge in [0, 0.05) is 6.42 Å². The summed E-state index contributed by atoms with van der Waals surface area (Å²) in [6.07, 6.45) is 0.0172. The lowest BCUT2D eigenvalue weighted by Crippen LogP contribution is -2.46. The van der Waals surface area contributed by atoms with Gasteiger partial charge in [0.05, 0.1) is 18.2 Å². The second-order valence-electron chi connectivity index (χ2n) is 5.23. The Morgan fingerprint density at radius 3 is 2.68 bits per heavy atom. The minimum atomic E-state index is -0.564. The Balaban J connectivity index is 0.00000180. The van der Waals surface area contributed by atoms with E-state index in [1.807, 2.05) is 38.1 Å². The van der Waals surface area contributed by atoms with Gasteiger partial charge in [0.2, 0.25) is 5.91 Å². The number of fused-ring (bicyclic) bond motifs is 1. The summed E-state index contributed by atoms with van der Waals surface area (Å²) >= 11 is 0. The van der Waals surface area contributed by atoms with Crippen molar-refractivity contribution in [2.45, 2.75) is 38.5 Å². The lowest BCUT2D eigenvalue weighted by Gasteiger charge is -2.22. The van der Waals surface area contributed by atoms with Gasteiger partial charge in [-0.3, -0.25) is 4.79 Å². The molecule has 0 aliphatic heterocycles. The molecule has 0 fully saturated rings. The van der Waals surface area contributed by atoms with Crippen LogP contribution in [0.4, 0.5) is 0 Å². The Morgan fingerprint density at radius 2 is 2.05 bits per heavy atom. The molecule has 0 radical (unpaired) electrons. The van der Waals surface area contributed by atoms with E-state index in [9.17, 15) is 9.90 Å². The van der Waals surface area contributed by atoms with Crippen molar-refractivity contribution in [3.8, 4) is 0 Å². The standard InChI is InChI=1S/C14H20N2O2.ClH/c1-8(2)12(15)14(18)16-13-10-6-4-3-5-9(10)7-11(13)17;/h3-6,8,11-13,17H,7,15H2,1-2H3,(H,16,18);1H/t11-,12-,13+;/m0./s1. The van der Waals surface area contributed by atoms with Gasteiger partial charge in [0.15, 0.2) is 0 Å². The molecule has 4 nitrogen and oxygen atoms in total. The number of hydrogen-bond donors (Lipinski definition) is 3. The molecule has 1 aliphatic rings. The summed E-state index contributed by atoms with van der Waals surface area (Å²) in [5.74, 6) is -0.121. The van der Waals surface area contributed by atoms with E-state index in [-0.39, 0.29) is 30.3 Å². The van der Waals surface area contributed by atoms with E-state index < -0.39 is 12.1 Å². The molecule has 1 aromatic carbocycles. The maximum atomic E-state index is 11.9. The monoisotopic (exact) mass is 284 g/mol. The van der Waals surface area contributed by atoms with Crippen LogP contribution in [0.5, 0.6) is 0 Å². The zero-order valence-electron chi connectivity index (χ0n) is 11.2. The van der Waals surface area contributed by atoms with Gasteiger partial charge in [-0.2, -0.15) is 0 Å². The number of benzene rings is 1. The molecule has 0 bridgehead atoms.